The fourth-order valence-corrected chi connectivity index (χ4v) is 3.67. The molecule has 0 radical (unpaired) electrons. The number of nitrogens with two attached hydrogens (primary N) is 1. The lowest BCUT2D eigenvalue weighted by Crippen LogP contribution is -2.06. The zero-order chi connectivity index (χ0) is 20.1. The standard InChI is InChI=1S/C19H23N5O3S/c1-4-5-8-28-19-22-16(20)15-17(23-19)24(11-21-15)10-13-7-6-12(18(25)27-3)9-14(13)26-2/h6-7,9,11H,4-5,8,10H2,1-3H3,(H2,20,22,23). The van der Waals surface area contributed by atoms with E-state index in [1.165, 1.54) is 7.11 Å². The number of aromatic nitrogens is 4. The number of methoxy groups -OCH3 is 2. The van der Waals surface area contributed by atoms with Crippen molar-refractivity contribution >= 4 is 34.7 Å². The van der Waals surface area contributed by atoms with Crippen molar-refractivity contribution in [3.8, 4) is 5.75 Å². The van der Waals surface area contributed by atoms with Crippen molar-refractivity contribution in [2.24, 2.45) is 0 Å². The van der Waals surface area contributed by atoms with Crippen LogP contribution in [0.1, 0.15) is 35.7 Å². The molecule has 0 aliphatic carbocycles. The molecule has 0 fully saturated rings. The van der Waals surface area contributed by atoms with Gasteiger partial charge >= 0.3 is 5.97 Å². The Morgan fingerprint density at radius 3 is 2.82 bits per heavy atom. The lowest BCUT2D eigenvalue weighted by Gasteiger charge is -2.11. The number of rotatable bonds is 8. The molecule has 2 heterocycles. The van der Waals surface area contributed by atoms with Gasteiger partial charge in [-0.3, -0.25) is 0 Å². The zero-order valence-electron chi connectivity index (χ0n) is 16.1. The lowest BCUT2D eigenvalue weighted by molar-refractivity contribution is 0.0600. The van der Waals surface area contributed by atoms with Gasteiger partial charge in [-0.2, -0.15) is 0 Å². The minimum atomic E-state index is -0.410. The Hall–Kier alpha value is -2.81. The molecule has 3 aromatic rings. The molecule has 1 aromatic carbocycles. The second-order valence-corrected chi connectivity index (χ2v) is 7.22. The van der Waals surface area contributed by atoms with E-state index in [2.05, 4.69) is 21.9 Å². The van der Waals surface area contributed by atoms with Gasteiger partial charge in [0.15, 0.2) is 16.6 Å². The Kier molecular flexibility index (Phi) is 6.35. The van der Waals surface area contributed by atoms with E-state index < -0.39 is 5.97 Å². The molecule has 9 heteroatoms. The third-order valence-corrected chi connectivity index (χ3v) is 5.18. The third kappa shape index (κ3) is 4.19. The molecule has 0 aliphatic heterocycles. The van der Waals surface area contributed by atoms with Crippen molar-refractivity contribution in [2.75, 3.05) is 25.7 Å². The zero-order valence-corrected chi connectivity index (χ0v) is 17.0. The Morgan fingerprint density at radius 1 is 1.29 bits per heavy atom. The summed E-state index contributed by atoms with van der Waals surface area (Å²) in [6, 6.07) is 5.20. The van der Waals surface area contributed by atoms with Crippen molar-refractivity contribution in [3.05, 3.63) is 35.7 Å². The number of nitrogens with zero attached hydrogens (tertiary/aromatic N) is 4. The number of unbranched alkanes of at least 4 members (excludes halogenated alkanes) is 1. The monoisotopic (exact) mass is 401 g/mol. The maximum absolute atomic E-state index is 11.7. The maximum atomic E-state index is 11.7. The van der Waals surface area contributed by atoms with Crippen LogP contribution in [0.2, 0.25) is 0 Å². The summed E-state index contributed by atoms with van der Waals surface area (Å²) in [5.41, 5.74) is 8.63. The minimum absolute atomic E-state index is 0.371. The first-order chi connectivity index (χ1) is 13.6. The van der Waals surface area contributed by atoms with Crippen molar-refractivity contribution < 1.29 is 14.3 Å². The van der Waals surface area contributed by atoms with Gasteiger partial charge in [0.1, 0.15) is 11.3 Å². The fraction of sp³-hybridized carbons (Fsp3) is 0.368. The second-order valence-electron chi connectivity index (χ2n) is 6.16. The molecule has 0 saturated carbocycles. The summed E-state index contributed by atoms with van der Waals surface area (Å²) in [6.45, 7) is 2.61. The average molecular weight is 401 g/mol. The van der Waals surface area contributed by atoms with Gasteiger partial charge < -0.3 is 19.8 Å². The molecule has 0 saturated heterocycles. The smallest absolute Gasteiger partial charge is 0.337 e. The number of fused-ring (bicyclic) bond motifs is 1. The molecule has 0 bridgehead atoms. The van der Waals surface area contributed by atoms with Crippen LogP contribution in [0, 0.1) is 0 Å². The summed E-state index contributed by atoms with van der Waals surface area (Å²) in [5, 5.41) is 0.646. The average Bonchev–Trinajstić information content (AvgIpc) is 3.11. The number of anilines is 1. The molecule has 3 rings (SSSR count). The molecule has 0 atom stereocenters. The van der Waals surface area contributed by atoms with Gasteiger partial charge in [0.05, 0.1) is 32.7 Å². The quantitative estimate of drug-likeness (QED) is 0.266. The van der Waals surface area contributed by atoms with Crippen LogP contribution in [0.5, 0.6) is 5.75 Å². The van der Waals surface area contributed by atoms with E-state index in [4.69, 9.17) is 15.2 Å². The number of hydrogen-bond donors (Lipinski definition) is 1. The molecule has 0 amide bonds. The van der Waals surface area contributed by atoms with E-state index in [0.29, 0.717) is 40.0 Å². The van der Waals surface area contributed by atoms with Gasteiger partial charge in [0.2, 0.25) is 0 Å². The first kappa shape index (κ1) is 19.9. The number of ether oxygens (including phenoxy) is 2. The van der Waals surface area contributed by atoms with Crippen LogP contribution in [-0.2, 0) is 11.3 Å². The maximum Gasteiger partial charge on any atom is 0.337 e. The molecule has 0 aliphatic rings. The SMILES string of the molecule is CCCCSc1nc(N)c2ncn(Cc3ccc(C(=O)OC)cc3OC)c2n1. The fourth-order valence-electron chi connectivity index (χ4n) is 2.74. The second kappa shape index (κ2) is 8.92. The van der Waals surface area contributed by atoms with Crippen molar-refractivity contribution in [1.82, 2.24) is 19.5 Å². The van der Waals surface area contributed by atoms with Gasteiger partial charge in [-0.1, -0.05) is 31.2 Å². The van der Waals surface area contributed by atoms with E-state index >= 15 is 0 Å². The van der Waals surface area contributed by atoms with Gasteiger partial charge in [-0.05, 0) is 18.6 Å². The molecule has 28 heavy (non-hydrogen) atoms. The van der Waals surface area contributed by atoms with Crippen LogP contribution in [0.4, 0.5) is 5.82 Å². The highest BCUT2D eigenvalue weighted by Gasteiger charge is 2.15. The number of hydrogen-bond acceptors (Lipinski definition) is 8. The van der Waals surface area contributed by atoms with Crippen LogP contribution < -0.4 is 10.5 Å². The summed E-state index contributed by atoms with van der Waals surface area (Å²) >= 11 is 1.59. The van der Waals surface area contributed by atoms with Crippen LogP contribution in [0.15, 0.2) is 29.7 Å². The number of nitrogen functional groups attached to an aromatic ring is 1. The summed E-state index contributed by atoms with van der Waals surface area (Å²) in [7, 11) is 2.91. The normalized spacial score (nSPS) is 11.0. The highest BCUT2D eigenvalue weighted by Crippen LogP contribution is 2.26. The number of imidazole rings is 1. The molecular weight excluding hydrogens is 378 g/mol. The Balaban J connectivity index is 1.92. The van der Waals surface area contributed by atoms with Crippen LogP contribution in [0.3, 0.4) is 0 Å². The highest BCUT2D eigenvalue weighted by molar-refractivity contribution is 7.99. The number of thioether (sulfide) groups is 1. The van der Waals surface area contributed by atoms with Crippen LogP contribution in [-0.4, -0.2) is 45.5 Å². The van der Waals surface area contributed by atoms with Gasteiger partial charge in [0.25, 0.3) is 0 Å². The van der Waals surface area contributed by atoms with Gasteiger partial charge in [0, 0.05) is 11.3 Å². The Labute approximate surface area is 167 Å². The molecular formula is C19H23N5O3S. The molecule has 8 nitrogen and oxygen atoms in total. The van der Waals surface area contributed by atoms with E-state index in [9.17, 15) is 4.79 Å². The van der Waals surface area contributed by atoms with Crippen LogP contribution in [0.25, 0.3) is 11.2 Å². The minimum Gasteiger partial charge on any atom is -0.496 e. The molecule has 148 valence electrons. The topological polar surface area (TPSA) is 105 Å². The van der Waals surface area contributed by atoms with Gasteiger partial charge in [-0.15, -0.1) is 0 Å². The van der Waals surface area contributed by atoms with Gasteiger partial charge in [-0.25, -0.2) is 19.7 Å². The number of benzene rings is 1. The number of carbonyl (C=O) groups is 1. The lowest BCUT2D eigenvalue weighted by atomic mass is 10.1. The number of esters is 1. The van der Waals surface area contributed by atoms with E-state index in [1.54, 1.807) is 37.3 Å². The van der Waals surface area contributed by atoms with Crippen LogP contribution >= 0.6 is 11.8 Å². The summed E-state index contributed by atoms with van der Waals surface area (Å²) in [6.07, 6.45) is 3.89. The van der Waals surface area contributed by atoms with Crippen molar-refractivity contribution in [3.63, 3.8) is 0 Å². The van der Waals surface area contributed by atoms with Crippen molar-refractivity contribution in [1.29, 1.82) is 0 Å². The predicted molar refractivity (Wildman–Crippen MR) is 109 cm³/mol. The van der Waals surface area contributed by atoms with E-state index in [1.807, 2.05) is 10.6 Å². The molecule has 2 aromatic heterocycles. The van der Waals surface area contributed by atoms with E-state index in [-0.39, 0.29) is 0 Å². The summed E-state index contributed by atoms with van der Waals surface area (Å²) in [4.78, 5) is 25.1. The predicted octanol–water partition coefficient (Wildman–Crippen LogP) is 3.14. The molecule has 0 spiro atoms. The Morgan fingerprint density at radius 2 is 2.11 bits per heavy atom. The van der Waals surface area contributed by atoms with Crippen molar-refractivity contribution in [2.45, 2.75) is 31.5 Å². The Bertz CT molecular complexity index is 989. The first-order valence-electron chi connectivity index (χ1n) is 8.93. The molecule has 0 unspecified atom stereocenters. The largest absolute Gasteiger partial charge is 0.496 e. The summed E-state index contributed by atoms with van der Waals surface area (Å²) < 4.78 is 12.1. The first-order valence-corrected chi connectivity index (χ1v) is 9.92. The third-order valence-electron chi connectivity index (χ3n) is 4.25. The number of carbonyl (C=O) groups excluding carboxylic acids is 1. The summed E-state index contributed by atoms with van der Waals surface area (Å²) in [5.74, 6) is 1.49. The molecule has 2 N–H and O–H groups in total. The highest BCUT2D eigenvalue weighted by atomic mass is 32.2. The van der Waals surface area contributed by atoms with E-state index in [0.717, 1.165) is 24.2 Å².